The van der Waals surface area contributed by atoms with E-state index in [1.807, 2.05) is 0 Å². The number of hydrogen-bond acceptors (Lipinski definition) is 12. The molecular weight excluding hydrogens is 878 g/mol. The highest BCUT2D eigenvalue weighted by molar-refractivity contribution is 7.90. The zero-order valence-corrected chi connectivity index (χ0v) is 38.9. The second-order valence-electron chi connectivity index (χ2n) is 19.6. The van der Waals surface area contributed by atoms with Crippen molar-refractivity contribution < 1.29 is 36.7 Å². The van der Waals surface area contributed by atoms with Gasteiger partial charge in [-0.05, 0) is 117 Å². The van der Waals surface area contributed by atoms with Gasteiger partial charge in [-0.15, -0.1) is 0 Å². The SMILES string of the molecule is CO[C@H]1CC[C@H]([C@H]2COc3cc(S(=O)(=O)NC(=O)c4ccc(N5CCC6(CC5)CC(N5CCC[C@H]5c5ccccc5C(C)C)C6)cc4Oc4cnc5[nH]cc(F)c5c4)cc([N+](=O)[O-])c3N2)CC1. The molecule has 3 N–H and O–H groups in total. The van der Waals surface area contributed by atoms with Crippen molar-refractivity contribution in [3.8, 4) is 17.2 Å². The summed E-state index contributed by atoms with van der Waals surface area (Å²) in [7, 11) is -3.00. The molecule has 3 aliphatic heterocycles. The molecule has 2 saturated heterocycles. The zero-order chi connectivity index (χ0) is 46.6. The fourth-order valence-electron chi connectivity index (χ4n) is 11.6. The molecule has 1 amide bonds. The van der Waals surface area contributed by atoms with Gasteiger partial charge in [0.15, 0.2) is 11.4 Å². The Balaban J connectivity index is 0.861. The van der Waals surface area contributed by atoms with Crippen LogP contribution in [-0.2, 0) is 14.8 Å². The number of fused-ring (bicyclic) bond motifs is 2. The number of nitrogens with zero attached hydrogens (tertiary/aromatic N) is 4. The topological polar surface area (TPSA) is 181 Å². The molecule has 5 aliphatic rings. The van der Waals surface area contributed by atoms with Crippen molar-refractivity contribution >= 4 is 44.0 Å². The maximum absolute atomic E-state index is 14.7. The Morgan fingerprint density at radius 2 is 1.81 bits per heavy atom. The minimum absolute atomic E-state index is 0.00509. The smallest absolute Gasteiger partial charge is 0.297 e. The normalized spacial score (nSPS) is 23.1. The first-order valence-electron chi connectivity index (χ1n) is 23.6. The number of pyridine rings is 1. The van der Waals surface area contributed by atoms with Gasteiger partial charge < -0.3 is 29.4 Å². The van der Waals surface area contributed by atoms with Crippen molar-refractivity contribution in [2.75, 3.05) is 43.6 Å². The van der Waals surface area contributed by atoms with Gasteiger partial charge in [-0.25, -0.2) is 22.5 Å². The number of rotatable bonds is 12. The van der Waals surface area contributed by atoms with Gasteiger partial charge in [-0.3, -0.25) is 19.8 Å². The molecule has 0 bridgehead atoms. The van der Waals surface area contributed by atoms with E-state index in [0.29, 0.717) is 23.6 Å². The van der Waals surface area contributed by atoms with Crippen molar-refractivity contribution in [2.24, 2.45) is 11.3 Å². The molecule has 1 spiro atoms. The molecule has 10 rings (SSSR count). The highest BCUT2D eigenvalue weighted by Gasteiger charge is 2.50. The van der Waals surface area contributed by atoms with Crippen LogP contribution < -0.4 is 24.4 Å². The zero-order valence-electron chi connectivity index (χ0n) is 38.1. The summed E-state index contributed by atoms with van der Waals surface area (Å²) in [6, 6.07) is 18.3. The number of aromatic amines is 1. The van der Waals surface area contributed by atoms with E-state index in [1.165, 1.54) is 67.4 Å². The van der Waals surface area contributed by atoms with Gasteiger partial charge in [-0.1, -0.05) is 38.1 Å². The summed E-state index contributed by atoms with van der Waals surface area (Å²) < 4.78 is 62.5. The number of piperidine rings is 1. The Bertz CT molecular complexity index is 2800. The lowest BCUT2D eigenvalue weighted by Gasteiger charge is -2.56. The lowest BCUT2D eigenvalue weighted by atomic mass is 9.59. The van der Waals surface area contributed by atoms with Crippen LogP contribution in [0.15, 0.2) is 78.0 Å². The summed E-state index contributed by atoms with van der Waals surface area (Å²) in [5, 5.41) is 15.8. The number of nitro groups is 1. The van der Waals surface area contributed by atoms with Crippen molar-refractivity contribution in [3.05, 3.63) is 106 Å². The number of anilines is 2. The lowest BCUT2D eigenvalue weighted by Crippen LogP contribution is -2.54. The minimum atomic E-state index is -4.69. The first kappa shape index (κ1) is 45.0. The van der Waals surface area contributed by atoms with Crippen LogP contribution in [0.2, 0.25) is 0 Å². The van der Waals surface area contributed by atoms with Crippen LogP contribution in [0, 0.1) is 27.3 Å². The number of likely N-dealkylation sites (tertiary alicyclic amines) is 1. The number of halogens is 1. The van der Waals surface area contributed by atoms with Crippen LogP contribution in [0.4, 0.5) is 21.5 Å². The third-order valence-corrected chi connectivity index (χ3v) is 16.6. The monoisotopic (exact) mass is 935 g/mol. The molecule has 5 aromatic rings. The largest absolute Gasteiger partial charge is 0.489 e. The number of carbonyl (C=O) groups is 1. The molecule has 4 fully saturated rings. The number of H-pyrrole nitrogens is 1. The van der Waals surface area contributed by atoms with Crippen molar-refractivity contribution in [3.63, 3.8) is 0 Å². The minimum Gasteiger partial charge on any atom is -0.489 e. The first-order chi connectivity index (χ1) is 32.3. The molecule has 17 heteroatoms. The van der Waals surface area contributed by atoms with Gasteiger partial charge >= 0.3 is 0 Å². The average Bonchev–Trinajstić information content (AvgIpc) is 3.96. The Kier molecular flexibility index (Phi) is 12.1. The number of aromatic nitrogens is 2. The number of carbonyl (C=O) groups excluding carboxylic acids is 1. The molecule has 2 aliphatic carbocycles. The van der Waals surface area contributed by atoms with Crippen LogP contribution in [-0.4, -0.2) is 85.7 Å². The molecule has 354 valence electrons. The number of methoxy groups -OCH3 is 1. The van der Waals surface area contributed by atoms with E-state index in [2.05, 4.69) is 67.9 Å². The van der Waals surface area contributed by atoms with Crippen molar-refractivity contribution in [2.45, 2.75) is 113 Å². The second-order valence-corrected chi connectivity index (χ2v) is 21.2. The average molecular weight is 936 g/mol. The molecule has 67 heavy (non-hydrogen) atoms. The van der Waals surface area contributed by atoms with Crippen LogP contribution >= 0.6 is 0 Å². The van der Waals surface area contributed by atoms with E-state index < -0.39 is 37.3 Å². The van der Waals surface area contributed by atoms with Crippen molar-refractivity contribution in [1.82, 2.24) is 19.6 Å². The van der Waals surface area contributed by atoms with Gasteiger partial charge in [-0.2, -0.15) is 0 Å². The first-order valence-corrected chi connectivity index (χ1v) is 25.1. The van der Waals surface area contributed by atoms with Crippen LogP contribution in [0.25, 0.3) is 11.0 Å². The fourth-order valence-corrected chi connectivity index (χ4v) is 12.6. The summed E-state index contributed by atoms with van der Waals surface area (Å²) >= 11 is 0. The van der Waals surface area contributed by atoms with Gasteiger partial charge in [0.1, 0.15) is 29.6 Å². The maximum Gasteiger partial charge on any atom is 0.297 e. The number of sulfonamides is 1. The van der Waals surface area contributed by atoms with Crippen molar-refractivity contribution in [1.29, 1.82) is 0 Å². The number of amides is 1. The molecule has 0 radical (unpaired) electrons. The van der Waals surface area contributed by atoms with E-state index in [4.69, 9.17) is 14.2 Å². The number of nitrogens with one attached hydrogen (secondary N) is 3. The third-order valence-electron chi connectivity index (χ3n) is 15.3. The lowest BCUT2D eigenvalue weighted by molar-refractivity contribution is -0.384. The molecule has 2 saturated carbocycles. The van der Waals surface area contributed by atoms with Gasteiger partial charge in [0.25, 0.3) is 21.6 Å². The number of ether oxygens (including phenoxy) is 3. The fraction of sp³-hybridized carbons (Fsp3) is 0.480. The summed E-state index contributed by atoms with van der Waals surface area (Å²) in [6.07, 6.45) is 13.0. The number of hydrogen-bond donors (Lipinski definition) is 3. The molecule has 15 nitrogen and oxygen atoms in total. The highest BCUT2D eigenvalue weighted by Crippen LogP contribution is 2.54. The second kappa shape index (κ2) is 18.0. The van der Waals surface area contributed by atoms with Gasteiger partial charge in [0, 0.05) is 62.4 Å². The molecule has 0 unspecified atom stereocenters. The highest BCUT2D eigenvalue weighted by atomic mass is 32.2. The quantitative estimate of drug-likeness (QED) is 0.0797. The number of nitro benzene ring substituents is 1. The predicted molar refractivity (Wildman–Crippen MR) is 252 cm³/mol. The third kappa shape index (κ3) is 8.81. The van der Waals surface area contributed by atoms with E-state index >= 15 is 0 Å². The Labute approximate surface area is 390 Å². The van der Waals surface area contributed by atoms with E-state index in [0.717, 1.165) is 69.9 Å². The van der Waals surface area contributed by atoms with Crippen LogP contribution in [0.1, 0.15) is 112 Å². The molecule has 5 heterocycles. The van der Waals surface area contributed by atoms with Crippen LogP contribution in [0.3, 0.4) is 0 Å². The summed E-state index contributed by atoms with van der Waals surface area (Å²) in [5.41, 5.74) is 3.78. The number of benzene rings is 3. The van der Waals surface area contributed by atoms with Crippen LogP contribution in [0.5, 0.6) is 17.2 Å². The molecule has 2 aromatic heterocycles. The van der Waals surface area contributed by atoms with Gasteiger partial charge in [0.2, 0.25) is 0 Å². The molecular formula is C50H58FN7O8S. The Morgan fingerprint density at radius 1 is 1.03 bits per heavy atom. The standard InChI is InChI=1S/C50H58FN7O8S/c1-30(2)37-7-4-5-8-38(37)43-9-6-18-57(43)33-25-50(26-33)16-19-56(20-17-50)32-12-15-39(45(21-32)66-35-22-40-41(51)28-53-48(40)52-27-35)49(59)55-67(62,63)36-23-44(58(60)61)47-46(24-36)65-29-42(54-47)31-10-13-34(64-3)14-11-31/h4-5,7-8,12,15,21-24,27-28,30-31,33-34,42-43,54H,6,9-11,13-14,16-20,25-26,29H2,1-3H3,(H,52,53)(H,55,59)/t31-,34-,42-,43+/m1/s1. The molecule has 3 aromatic carbocycles. The predicted octanol–water partition coefficient (Wildman–Crippen LogP) is 9.61. The maximum atomic E-state index is 14.7. The van der Waals surface area contributed by atoms with E-state index in [-0.39, 0.29) is 64.0 Å². The summed E-state index contributed by atoms with van der Waals surface area (Å²) in [6.45, 7) is 7.45. The Hall–Kier alpha value is -5.78. The van der Waals surface area contributed by atoms with Gasteiger partial charge in [0.05, 0.1) is 39.1 Å². The van der Waals surface area contributed by atoms with E-state index in [1.54, 1.807) is 19.2 Å². The Morgan fingerprint density at radius 3 is 2.55 bits per heavy atom. The summed E-state index contributed by atoms with van der Waals surface area (Å²) in [4.78, 5) is 37.4. The summed E-state index contributed by atoms with van der Waals surface area (Å²) in [5.74, 6) is -0.717. The molecule has 2 atom stereocenters. The van der Waals surface area contributed by atoms with E-state index in [9.17, 15) is 27.7 Å².